The molecule has 0 aliphatic carbocycles. The van der Waals surface area contributed by atoms with E-state index in [1.807, 2.05) is 19.1 Å². The van der Waals surface area contributed by atoms with E-state index in [9.17, 15) is 4.79 Å². The molecule has 0 heterocycles. The van der Waals surface area contributed by atoms with Gasteiger partial charge >= 0.3 is 5.97 Å². The van der Waals surface area contributed by atoms with Crippen LogP contribution in [0.1, 0.15) is 44.2 Å². The van der Waals surface area contributed by atoms with Gasteiger partial charge in [-0.3, -0.25) is 4.79 Å². The summed E-state index contributed by atoms with van der Waals surface area (Å²) in [5.41, 5.74) is 7.24. The molecule has 5 heteroatoms. The lowest BCUT2D eigenvalue weighted by Crippen LogP contribution is -2.12. The summed E-state index contributed by atoms with van der Waals surface area (Å²) in [5.74, 6) is 0.691. The van der Waals surface area contributed by atoms with Crippen molar-refractivity contribution < 1.29 is 14.3 Å². The number of hydrogen-bond acceptors (Lipinski definition) is 4. The van der Waals surface area contributed by atoms with Crippen LogP contribution in [0.25, 0.3) is 0 Å². The summed E-state index contributed by atoms with van der Waals surface area (Å²) < 4.78 is 11.4. The molecule has 0 saturated carbocycles. The van der Waals surface area contributed by atoms with Crippen LogP contribution in [-0.4, -0.2) is 19.7 Å². The fourth-order valence-electron chi connectivity index (χ4n) is 2.02. The van der Waals surface area contributed by atoms with Crippen LogP contribution in [0.3, 0.4) is 0 Å². The molecular weight excluding hydrogens is 369 g/mol. The highest BCUT2D eigenvalue weighted by Crippen LogP contribution is 2.28. The van der Waals surface area contributed by atoms with Crippen LogP contribution in [0.15, 0.2) is 18.2 Å². The molecule has 0 saturated heterocycles. The van der Waals surface area contributed by atoms with Gasteiger partial charge in [-0.05, 0) is 60.6 Å². The monoisotopic (exact) mass is 391 g/mol. The van der Waals surface area contributed by atoms with Crippen LogP contribution in [0.5, 0.6) is 5.75 Å². The number of hydrogen-bond donors (Lipinski definition) is 1. The van der Waals surface area contributed by atoms with Gasteiger partial charge in [0.05, 0.1) is 13.7 Å². The maximum absolute atomic E-state index is 11.2. The van der Waals surface area contributed by atoms with E-state index < -0.39 is 0 Å². The topological polar surface area (TPSA) is 61.5 Å². The number of halogens is 1. The molecule has 112 valence electrons. The van der Waals surface area contributed by atoms with Gasteiger partial charge in [-0.25, -0.2) is 0 Å². The zero-order valence-electron chi connectivity index (χ0n) is 12.0. The molecule has 0 amide bonds. The molecule has 0 radical (unpaired) electrons. The summed E-state index contributed by atoms with van der Waals surface area (Å²) in [5, 5.41) is 0. The molecule has 0 aromatic heterocycles. The first-order valence-electron chi connectivity index (χ1n) is 6.83. The predicted octanol–water partition coefficient (Wildman–Crippen LogP) is 3.42. The molecular formula is C15H22INO3. The number of ether oxygens (including phenoxy) is 2. The Bertz CT molecular complexity index is 437. The van der Waals surface area contributed by atoms with Crippen molar-refractivity contribution in [2.75, 3.05) is 13.7 Å². The van der Waals surface area contributed by atoms with Crippen LogP contribution >= 0.6 is 22.6 Å². The van der Waals surface area contributed by atoms with Crippen molar-refractivity contribution in [2.45, 2.75) is 38.6 Å². The highest BCUT2D eigenvalue weighted by atomic mass is 127. The zero-order chi connectivity index (χ0) is 15.0. The third-order valence-electron chi connectivity index (χ3n) is 3.04. The first-order valence-corrected chi connectivity index (χ1v) is 7.91. The second-order valence-electron chi connectivity index (χ2n) is 4.54. The number of carbonyl (C=O) groups excluding carboxylic acids is 1. The Morgan fingerprint density at radius 1 is 1.40 bits per heavy atom. The van der Waals surface area contributed by atoms with Gasteiger partial charge in [0.25, 0.3) is 0 Å². The number of carbonyl (C=O) groups is 1. The molecule has 4 nitrogen and oxygen atoms in total. The second kappa shape index (κ2) is 9.18. The Labute approximate surface area is 134 Å². The molecule has 0 fully saturated rings. The number of unbranched alkanes of at least 4 members (excludes halogenated alkanes) is 1. The van der Waals surface area contributed by atoms with Gasteiger partial charge in [-0.2, -0.15) is 0 Å². The minimum absolute atomic E-state index is 0.0677. The van der Waals surface area contributed by atoms with E-state index in [4.69, 9.17) is 15.2 Å². The molecule has 0 bridgehead atoms. The normalized spacial score (nSPS) is 12.0. The fraction of sp³-hybridized carbons (Fsp3) is 0.533. The second-order valence-corrected chi connectivity index (χ2v) is 5.79. The van der Waals surface area contributed by atoms with E-state index in [-0.39, 0.29) is 12.0 Å². The van der Waals surface area contributed by atoms with E-state index in [0.717, 1.165) is 34.1 Å². The number of benzene rings is 1. The van der Waals surface area contributed by atoms with Crippen LogP contribution < -0.4 is 10.5 Å². The predicted molar refractivity (Wildman–Crippen MR) is 87.7 cm³/mol. The van der Waals surface area contributed by atoms with Crippen molar-refractivity contribution in [3.8, 4) is 5.75 Å². The highest BCUT2D eigenvalue weighted by molar-refractivity contribution is 14.1. The average Bonchev–Trinajstić information content (AvgIpc) is 2.43. The Morgan fingerprint density at radius 2 is 2.15 bits per heavy atom. The van der Waals surface area contributed by atoms with E-state index >= 15 is 0 Å². The van der Waals surface area contributed by atoms with Crippen molar-refractivity contribution >= 4 is 28.6 Å². The lowest BCUT2D eigenvalue weighted by Gasteiger charge is -2.16. The van der Waals surface area contributed by atoms with E-state index in [0.29, 0.717) is 13.0 Å². The fourth-order valence-corrected chi connectivity index (χ4v) is 2.53. The quantitative estimate of drug-likeness (QED) is 0.419. The Balaban J connectivity index is 2.45. The molecule has 1 unspecified atom stereocenters. The molecule has 20 heavy (non-hydrogen) atoms. The zero-order valence-corrected chi connectivity index (χ0v) is 14.2. The Hall–Kier alpha value is -0.820. The van der Waals surface area contributed by atoms with Gasteiger partial charge in [0.2, 0.25) is 0 Å². The smallest absolute Gasteiger partial charge is 0.305 e. The van der Waals surface area contributed by atoms with Gasteiger partial charge in [0, 0.05) is 21.6 Å². The molecule has 2 N–H and O–H groups in total. The van der Waals surface area contributed by atoms with Crippen molar-refractivity contribution in [1.82, 2.24) is 0 Å². The minimum atomic E-state index is -0.132. The molecule has 1 atom stereocenters. The molecule has 0 spiro atoms. The molecule has 1 aromatic carbocycles. The minimum Gasteiger partial charge on any atom is -0.496 e. The van der Waals surface area contributed by atoms with E-state index in [1.165, 1.54) is 0 Å². The summed E-state index contributed by atoms with van der Waals surface area (Å²) in [7, 11) is 1.65. The summed E-state index contributed by atoms with van der Waals surface area (Å²) in [6.45, 7) is 2.26. The largest absolute Gasteiger partial charge is 0.496 e. The highest BCUT2D eigenvalue weighted by Gasteiger charge is 2.12. The molecule has 0 aliphatic rings. The third kappa shape index (κ3) is 5.66. The molecule has 1 aromatic rings. The van der Waals surface area contributed by atoms with Gasteiger partial charge in [-0.15, -0.1) is 0 Å². The summed E-state index contributed by atoms with van der Waals surface area (Å²) in [6.07, 6.45) is 2.99. The number of methoxy groups -OCH3 is 1. The first-order chi connectivity index (χ1) is 9.58. The van der Waals surface area contributed by atoms with Crippen LogP contribution in [0.4, 0.5) is 0 Å². The standard InChI is InChI=1S/C15H22INO3/c1-3-20-15(18)7-5-4-6-13(17)12-10-11(16)8-9-14(12)19-2/h8-10,13H,3-7,17H2,1-2H3. The Kier molecular flexibility index (Phi) is 7.91. The van der Waals surface area contributed by atoms with Crippen LogP contribution in [0.2, 0.25) is 0 Å². The van der Waals surface area contributed by atoms with Crippen molar-refractivity contribution in [1.29, 1.82) is 0 Å². The maximum Gasteiger partial charge on any atom is 0.305 e. The van der Waals surface area contributed by atoms with Crippen LogP contribution in [0, 0.1) is 3.57 Å². The van der Waals surface area contributed by atoms with Crippen molar-refractivity contribution in [2.24, 2.45) is 5.73 Å². The number of esters is 1. The van der Waals surface area contributed by atoms with Gasteiger partial charge in [0.15, 0.2) is 0 Å². The van der Waals surface area contributed by atoms with E-state index in [1.54, 1.807) is 7.11 Å². The van der Waals surface area contributed by atoms with Crippen LogP contribution in [-0.2, 0) is 9.53 Å². The molecule has 0 aliphatic heterocycles. The summed E-state index contributed by atoms with van der Waals surface area (Å²) in [4.78, 5) is 11.2. The molecule has 1 rings (SSSR count). The lowest BCUT2D eigenvalue weighted by molar-refractivity contribution is -0.143. The third-order valence-corrected chi connectivity index (χ3v) is 3.71. The van der Waals surface area contributed by atoms with Crippen molar-refractivity contribution in [3.63, 3.8) is 0 Å². The SMILES string of the molecule is CCOC(=O)CCCCC(N)c1cc(I)ccc1OC. The van der Waals surface area contributed by atoms with Crippen molar-refractivity contribution in [3.05, 3.63) is 27.3 Å². The maximum atomic E-state index is 11.2. The summed E-state index contributed by atoms with van der Waals surface area (Å²) >= 11 is 2.26. The van der Waals surface area contributed by atoms with E-state index in [2.05, 4.69) is 28.7 Å². The van der Waals surface area contributed by atoms with Gasteiger partial charge < -0.3 is 15.2 Å². The van der Waals surface area contributed by atoms with Gasteiger partial charge in [0.1, 0.15) is 5.75 Å². The first kappa shape index (κ1) is 17.2. The lowest BCUT2D eigenvalue weighted by atomic mass is 10.0. The summed E-state index contributed by atoms with van der Waals surface area (Å²) in [6, 6.07) is 5.92. The van der Waals surface area contributed by atoms with Gasteiger partial charge in [-0.1, -0.05) is 6.42 Å². The number of rotatable bonds is 8. The number of nitrogens with two attached hydrogens (primary N) is 1. The Morgan fingerprint density at radius 3 is 2.80 bits per heavy atom. The average molecular weight is 391 g/mol.